The quantitative estimate of drug-likeness (QED) is 0.711. The zero-order valence-electron chi connectivity index (χ0n) is 12.6. The summed E-state index contributed by atoms with van der Waals surface area (Å²) in [6.45, 7) is 2.13. The number of hydrogen-bond donors (Lipinski definition) is 0. The monoisotopic (exact) mass is 300 g/mol. The van der Waals surface area contributed by atoms with E-state index in [0.29, 0.717) is 17.8 Å². The summed E-state index contributed by atoms with van der Waals surface area (Å²) in [4.78, 5) is 0. The first-order chi connectivity index (χ1) is 10.2. The number of hydrogen-bond acceptors (Lipinski definition) is 1. The molecule has 1 aliphatic rings. The molecule has 1 nitrogen and oxygen atoms in total. The highest BCUT2D eigenvalue weighted by atomic mass is 35.5. The summed E-state index contributed by atoms with van der Waals surface area (Å²) < 4.78 is 5.25. The van der Waals surface area contributed by atoms with Gasteiger partial charge in [0.05, 0.1) is 7.11 Å². The summed E-state index contributed by atoms with van der Waals surface area (Å²) in [5.41, 5.74) is 4.12. The molecule has 0 bridgehead atoms. The summed E-state index contributed by atoms with van der Waals surface area (Å²) in [5, 5.41) is 0. The molecule has 0 saturated heterocycles. The van der Waals surface area contributed by atoms with Crippen molar-refractivity contribution in [3.05, 3.63) is 65.2 Å². The fraction of sp³-hybridized carbons (Fsp3) is 0.368. The van der Waals surface area contributed by atoms with Crippen molar-refractivity contribution in [1.29, 1.82) is 0 Å². The fourth-order valence-corrected chi connectivity index (χ4v) is 3.72. The molecule has 1 aliphatic carbocycles. The lowest BCUT2D eigenvalue weighted by Gasteiger charge is -2.45. The van der Waals surface area contributed by atoms with Crippen LogP contribution in [0.3, 0.4) is 0 Å². The molecule has 0 N–H and O–H groups in total. The molecule has 3 rings (SSSR count). The van der Waals surface area contributed by atoms with Crippen LogP contribution < -0.4 is 4.74 Å². The van der Waals surface area contributed by atoms with Crippen molar-refractivity contribution < 1.29 is 4.74 Å². The maximum absolute atomic E-state index is 6.16. The minimum Gasteiger partial charge on any atom is -0.497 e. The Morgan fingerprint density at radius 1 is 1.00 bits per heavy atom. The van der Waals surface area contributed by atoms with Gasteiger partial charge >= 0.3 is 0 Å². The molecule has 110 valence electrons. The molecule has 2 heteroatoms. The normalized spacial score (nSPS) is 24.4. The molecule has 2 aromatic rings. The maximum Gasteiger partial charge on any atom is 0.118 e. The molecule has 2 aromatic carbocycles. The van der Waals surface area contributed by atoms with E-state index >= 15 is 0 Å². The van der Waals surface area contributed by atoms with E-state index in [1.165, 1.54) is 23.1 Å². The van der Waals surface area contributed by atoms with Crippen LogP contribution in [0.4, 0.5) is 0 Å². The van der Waals surface area contributed by atoms with E-state index in [1.54, 1.807) is 7.11 Å². The molecule has 0 amide bonds. The third-order valence-electron chi connectivity index (χ3n) is 4.70. The number of halogens is 1. The van der Waals surface area contributed by atoms with Crippen molar-refractivity contribution in [1.82, 2.24) is 0 Å². The Balaban J connectivity index is 1.86. The van der Waals surface area contributed by atoms with Crippen LogP contribution in [0.5, 0.6) is 5.75 Å². The van der Waals surface area contributed by atoms with Crippen molar-refractivity contribution in [3.63, 3.8) is 0 Å². The molecule has 0 aliphatic heterocycles. The zero-order chi connectivity index (χ0) is 14.8. The minimum absolute atomic E-state index is 0.524. The molecule has 0 aromatic heterocycles. The van der Waals surface area contributed by atoms with Crippen LogP contribution in [0, 0.1) is 12.8 Å². The lowest BCUT2D eigenvalue weighted by atomic mass is 9.60. The SMILES string of the molecule is COc1ccc([C@H]2[C@H](CCl)C[C@@H]2c2ccc(C)cc2)cc1. The van der Waals surface area contributed by atoms with Crippen molar-refractivity contribution >= 4 is 11.6 Å². The van der Waals surface area contributed by atoms with Gasteiger partial charge < -0.3 is 4.74 Å². The largest absolute Gasteiger partial charge is 0.497 e. The Morgan fingerprint density at radius 2 is 1.62 bits per heavy atom. The van der Waals surface area contributed by atoms with Crippen LogP contribution in [0.25, 0.3) is 0 Å². The molecule has 1 saturated carbocycles. The van der Waals surface area contributed by atoms with E-state index in [1.807, 2.05) is 12.1 Å². The molecule has 3 atom stereocenters. The second-order valence-electron chi connectivity index (χ2n) is 5.97. The van der Waals surface area contributed by atoms with Crippen LogP contribution in [0.15, 0.2) is 48.5 Å². The summed E-state index contributed by atoms with van der Waals surface area (Å²) >= 11 is 6.16. The summed E-state index contributed by atoms with van der Waals surface area (Å²) in [5.74, 6) is 3.33. The van der Waals surface area contributed by atoms with Crippen molar-refractivity contribution in [2.75, 3.05) is 13.0 Å². The molecule has 0 radical (unpaired) electrons. The van der Waals surface area contributed by atoms with Gasteiger partial charge in [0.2, 0.25) is 0 Å². The highest BCUT2D eigenvalue weighted by molar-refractivity contribution is 6.18. The first kappa shape index (κ1) is 14.5. The fourth-order valence-electron chi connectivity index (χ4n) is 3.40. The predicted molar refractivity (Wildman–Crippen MR) is 88.5 cm³/mol. The average Bonchev–Trinajstić information content (AvgIpc) is 2.49. The topological polar surface area (TPSA) is 9.23 Å². The van der Waals surface area contributed by atoms with E-state index in [-0.39, 0.29) is 0 Å². The second kappa shape index (κ2) is 6.11. The Labute approximate surface area is 131 Å². The first-order valence-electron chi connectivity index (χ1n) is 7.49. The van der Waals surface area contributed by atoms with E-state index in [4.69, 9.17) is 16.3 Å². The van der Waals surface area contributed by atoms with Gasteiger partial charge in [-0.2, -0.15) is 0 Å². The molecule has 1 fully saturated rings. The van der Waals surface area contributed by atoms with Crippen LogP contribution in [0.1, 0.15) is 34.9 Å². The number of methoxy groups -OCH3 is 1. The lowest BCUT2D eigenvalue weighted by molar-refractivity contribution is 0.231. The molecule has 0 heterocycles. The van der Waals surface area contributed by atoms with Gasteiger partial charge in [-0.15, -0.1) is 11.6 Å². The highest BCUT2D eigenvalue weighted by Crippen LogP contribution is 2.53. The summed E-state index contributed by atoms with van der Waals surface area (Å²) in [7, 11) is 1.70. The number of rotatable bonds is 4. The van der Waals surface area contributed by atoms with Crippen molar-refractivity contribution in [2.45, 2.75) is 25.2 Å². The zero-order valence-corrected chi connectivity index (χ0v) is 13.3. The third-order valence-corrected chi connectivity index (χ3v) is 5.10. The van der Waals surface area contributed by atoms with Gasteiger partial charge in [-0.3, -0.25) is 0 Å². The molecule has 21 heavy (non-hydrogen) atoms. The van der Waals surface area contributed by atoms with Crippen LogP contribution in [-0.4, -0.2) is 13.0 Å². The van der Waals surface area contributed by atoms with Crippen LogP contribution in [0.2, 0.25) is 0 Å². The Kier molecular flexibility index (Phi) is 4.21. The van der Waals surface area contributed by atoms with Crippen LogP contribution >= 0.6 is 11.6 Å². The minimum atomic E-state index is 0.524. The van der Waals surface area contributed by atoms with E-state index in [9.17, 15) is 0 Å². The van der Waals surface area contributed by atoms with Gasteiger partial charge in [-0.25, -0.2) is 0 Å². The van der Waals surface area contributed by atoms with Gasteiger partial charge in [0.15, 0.2) is 0 Å². The summed E-state index contributed by atoms with van der Waals surface area (Å²) in [6, 6.07) is 17.4. The lowest BCUT2D eigenvalue weighted by Crippen LogP contribution is -2.34. The van der Waals surface area contributed by atoms with Gasteiger partial charge in [-0.05, 0) is 54.4 Å². The van der Waals surface area contributed by atoms with Crippen molar-refractivity contribution in [2.24, 2.45) is 5.92 Å². The smallest absolute Gasteiger partial charge is 0.118 e. The average molecular weight is 301 g/mol. The molecule has 0 spiro atoms. The summed E-state index contributed by atoms with van der Waals surface area (Å²) in [6.07, 6.45) is 1.18. The van der Waals surface area contributed by atoms with E-state index in [0.717, 1.165) is 11.6 Å². The first-order valence-corrected chi connectivity index (χ1v) is 8.03. The van der Waals surface area contributed by atoms with Gasteiger partial charge in [-0.1, -0.05) is 42.0 Å². The van der Waals surface area contributed by atoms with Gasteiger partial charge in [0.25, 0.3) is 0 Å². The van der Waals surface area contributed by atoms with Crippen molar-refractivity contribution in [3.8, 4) is 5.75 Å². The van der Waals surface area contributed by atoms with E-state index in [2.05, 4.69) is 43.3 Å². The Morgan fingerprint density at radius 3 is 2.19 bits per heavy atom. The van der Waals surface area contributed by atoms with Gasteiger partial charge in [0.1, 0.15) is 5.75 Å². The number of aryl methyl sites for hydroxylation is 1. The second-order valence-corrected chi connectivity index (χ2v) is 6.27. The van der Waals surface area contributed by atoms with E-state index < -0.39 is 0 Å². The molecular formula is C19H21ClO. The molecule has 0 unspecified atom stereocenters. The predicted octanol–water partition coefficient (Wildman–Crippen LogP) is 5.13. The number of benzene rings is 2. The Hall–Kier alpha value is -1.47. The van der Waals surface area contributed by atoms with Gasteiger partial charge in [0, 0.05) is 5.88 Å². The number of ether oxygens (including phenoxy) is 1. The maximum atomic E-state index is 6.16. The standard InChI is InChI=1S/C19H21ClO/c1-13-3-5-14(6-4-13)18-11-16(12-20)19(18)15-7-9-17(21-2)10-8-15/h3-10,16,18-19H,11-12H2,1-2H3/t16-,18+,19-/m0/s1. The van der Waals surface area contributed by atoms with Crippen LogP contribution in [-0.2, 0) is 0 Å². The number of alkyl halides is 1. The molecular weight excluding hydrogens is 280 g/mol. The Bertz CT molecular complexity index is 588. The highest BCUT2D eigenvalue weighted by Gasteiger charge is 2.41. The third kappa shape index (κ3) is 2.80.